The van der Waals surface area contributed by atoms with E-state index in [1.54, 1.807) is 0 Å². The molecule has 1 unspecified atom stereocenters. The van der Waals surface area contributed by atoms with Crippen molar-refractivity contribution in [1.82, 2.24) is 0 Å². The van der Waals surface area contributed by atoms with E-state index in [9.17, 15) is 9.00 Å². The third-order valence-electron chi connectivity index (χ3n) is 2.30. The SMILES string of the molecule is CCc1ccc(C(=O)CS(=O)CC)cc1. The second kappa shape index (κ2) is 5.81. The summed E-state index contributed by atoms with van der Waals surface area (Å²) in [6.07, 6.45) is 0.968. The highest BCUT2D eigenvalue weighted by Gasteiger charge is 2.08. The number of carbonyl (C=O) groups is 1. The van der Waals surface area contributed by atoms with E-state index in [1.807, 2.05) is 31.2 Å². The standard InChI is InChI=1S/C12H16O2S/c1-3-10-5-7-11(8-6-10)12(13)9-15(14)4-2/h5-8H,3-4,9H2,1-2H3. The van der Waals surface area contributed by atoms with Crippen molar-refractivity contribution in [2.45, 2.75) is 20.3 Å². The van der Waals surface area contributed by atoms with Gasteiger partial charge in [0, 0.05) is 22.1 Å². The van der Waals surface area contributed by atoms with E-state index >= 15 is 0 Å². The van der Waals surface area contributed by atoms with Gasteiger partial charge in [0.2, 0.25) is 0 Å². The third-order valence-corrected chi connectivity index (χ3v) is 3.53. The summed E-state index contributed by atoms with van der Waals surface area (Å²) in [5.41, 5.74) is 1.87. The van der Waals surface area contributed by atoms with Crippen LogP contribution in [-0.4, -0.2) is 21.5 Å². The highest BCUT2D eigenvalue weighted by molar-refractivity contribution is 7.85. The first-order valence-corrected chi connectivity index (χ1v) is 6.63. The van der Waals surface area contributed by atoms with E-state index in [4.69, 9.17) is 0 Å². The van der Waals surface area contributed by atoms with Gasteiger partial charge >= 0.3 is 0 Å². The Balaban J connectivity index is 2.70. The Bertz CT molecular complexity index is 354. The van der Waals surface area contributed by atoms with Gasteiger partial charge in [-0.05, 0) is 12.0 Å². The number of ketones is 1. The molecule has 0 aromatic heterocycles. The fourth-order valence-electron chi connectivity index (χ4n) is 1.26. The van der Waals surface area contributed by atoms with Crippen LogP contribution in [0.4, 0.5) is 0 Å². The molecule has 0 radical (unpaired) electrons. The summed E-state index contributed by atoms with van der Waals surface area (Å²) >= 11 is 0. The van der Waals surface area contributed by atoms with Gasteiger partial charge in [-0.1, -0.05) is 38.1 Å². The summed E-state index contributed by atoms with van der Waals surface area (Å²) in [6, 6.07) is 7.52. The number of rotatable bonds is 5. The van der Waals surface area contributed by atoms with Crippen LogP contribution in [0.25, 0.3) is 0 Å². The smallest absolute Gasteiger partial charge is 0.175 e. The highest BCUT2D eigenvalue weighted by atomic mass is 32.2. The molecule has 0 heterocycles. The molecule has 0 saturated heterocycles. The van der Waals surface area contributed by atoms with E-state index in [0.29, 0.717) is 11.3 Å². The molecule has 0 bridgehead atoms. The minimum atomic E-state index is -1.01. The summed E-state index contributed by atoms with van der Waals surface area (Å²) in [7, 11) is -1.01. The van der Waals surface area contributed by atoms with Crippen molar-refractivity contribution >= 4 is 16.6 Å². The van der Waals surface area contributed by atoms with Gasteiger partial charge in [-0.25, -0.2) is 0 Å². The number of aryl methyl sites for hydroxylation is 1. The van der Waals surface area contributed by atoms with Crippen molar-refractivity contribution in [1.29, 1.82) is 0 Å². The van der Waals surface area contributed by atoms with Crippen LogP contribution in [0.3, 0.4) is 0 Å². The van der Waals surface area contributed by atoms with Gasteiger partial charge in [-0.15, -0.1) is 0 Å². The van der Waals surface area contributed by atoms with E-state index in [2.05, 4.69) is 6.92 Å². The lowest BCUT2D eigenvalue weighted by molar-refractivity contribution is 0.102. The average molecular weight is 224 g/mol. The van der Waals surface area contributed by atoms with Crippen LogP contribution in [0.1, 0.15) is 29.8 Å². The first-order chi connectivity index (χ1) is 7.17. The minimum absolute atomic E-state index is 0.0298. The van der Waals surface area contributed by atoms with Crippen LogP contribution in [0.15, 0.2) is 24.3 Å². The Labute approximate surface area is 93.2 Å². The second-order valence-electron chi connectivity index (χ2n) is 3.35. The van der Waals surface area contributed by atoms with Gasteiger partial charge in [-0.3, -0.25) is 9.00 Å². The summed E-state index contributed by atoms with van der Waals surface area (Å²) in [5, 5.41) is 0. The fraction of sp³-hybridized carbons (Fsp3) is 0.417. The first kappa shape index (κ1) is 12.1. The van der Waals surface area contributed by atoms with Gasteiger partial charge < -0.3 is 0 Å². The zero-order valence-electron chi connectivity index (χ0n) is 9.16. The molecule has 82 valence electrons. The molecular formula is C12H16O2S. The fourth-order valence-corrected chi connectivity index (χ4v) is 1.92. The quantitative estimate of drug-likeness (QED) is 0.718. The lowest BCUT2D eigenvalue weighted by Gasteiger charge is -2.01. The molecular weight excluding hydrogens is 208 g/mol. The van der Waals surface area contributed by atoms with E-state index in [-0.39, 0.29) is 11.5 Å². The van der Waals surface area contributed by atoms with Crippen molar-refractivity contribution in [2.24, 2.45) is 0 Å². The summed E-state index contributed by atoms with van der Waals surface area (Å²) < 4.78 is 11.2. The maximum atomic E-state index is 11.6. The van der Waals surface area contributed by atoms with Crippen LogP contribution >= 0.6 is 0 Å². The first-order valence-electron chi connectivity index (χ1n) is 5.14. The highest BCUT2D eigenvalue weighted by Crippen LogP contribution is 2.06. The summed E-state index contributed by atoms with van der Waals surface area (Å²) in [5.74, 6) is 0.652. The van der Waals surface area contributed by atoms with Crippen LogP contribution in [0.5, 0.6) is 0 Å². The van der Waals surface area contributed by atoms with Gasteiger partial charge in [0.15, 0.2) is 5.78 Å². The Morgan fingerprint density at radius 3 is 2.27 bits per heavy atom. The maximum absolute atomic E-state index is 11.6. The van der Waals surface area contributed by atoms with Gasteiger partial charge in [0.05, 0.1) is 5.75 Å². The Morgan fingerprint density at radius 1 is 1.20 bits per heavy atom. The molecule has 0 spiro atoms. The molecule has 0 aliphatic heterocycles. The predicted octanol–water partition coefficient (Wildman–Crippen LogP) is 2.20. The predicted molar refractivity (Wildman–Crippen MR) is 63.7 cm³/mol. The molecule has 2 nitrogen and oxygen atoms in total. The van der Waals surface area contributed by atoms with E-state index in [1.165, 1.54) is 5.56 Å². The number of carbonyl (C=O) groups excluding carboxylic acids is 1. The van der Waals surface area contributed by atoms with Gasteiger partial charge in [0.1, 0.15) is 0 Å². The van der Waals surface area contributed by atoms with Crippen LogP contribution in [0.2, 0.25) is 0 Å². The molecule has 1 atom stereocenters. The van der Waals surface area contributed by atoms with E-state index < -0.39 is 10.8 Å². The molecule has 15 heavy (non-hydrogen) atoms. The number of hydrogen-bond donors (Lipinski definition) is 0. The molecule has 0 saturated carbocycles. The van der Waals surface area contributed by atoms with E-state index in [0.717, 1.165) is 6.42 Å². The minimum Gasteiger partial charge on any atom is -0.293 e. The van der Waals surface area contributed by atoms with Crippen molar-refractivity contribution in [2.75, 3.05) is 11.5 Å². The number of benzene rings is 1. The van der Waals surface area contributed by atoms with Crippen molar-refractivity contribution in [3.63, 3.8) is 0 Å². The third kappa shape index (κ3) is 3.59. The Hall–Kier alpha value is -0.960. The van der Waals surface area contributed by atoms with Gasteiger partial charge in [0.25, 0.3) is 0 Å². The van der Waals surface area contributed by atoms with Crippen LogP contribution in [0, 0.1) is 0 Å². The average Bonchev–Trinajstić information content (AvgIpc) is 2.29. The zero-order valence-corrected chi connectivity index (χ0v) is 9.97. The largest absolute Gasteiger partial charge is 0.293 e. The molecule has 0 aliphatic carbocycles. The lowest BCUT2D eigenvalue weighted by atomic mass is 10.1. The van der Waals surface area contributed by atoms with Crippen molar-refractivity contribution in [3.8, 4) is 0 Å². The molecule has 1 rings (SSSR count). The Morgan fingerprint density at radius 2 is 1.80 bits per heavy atom. The van der Waals surface area contributed by atoms with Gasteiger partial charge in [-0.2, -0.15) is 0 Å². The van der Waals surface area contributed by atoms with Crippen molar-refractivity contribution in [3.05, 3.63) is 35.4 Å². The monoisotopic (exact) mass is 224 g/mol. The molecule has 0 amide bonds. The molecule has 0 aliphatic rings. The molecule has 1 aromatic rings. The maximum Gasteiger partial charge on any atom is 0.175 e. The second-order valence-corrected chi connectivity index (χ2v) is 5.09. The Kier molecular flexibility index (Phi) is 4.69. The zero-order chi connectivity index (χ0) is 11.3. The summed E-state index contributed by atoms with van der Waals surface area (Å²) in [6.45, 7) is 3.90. The molecule has 1 aromatic carbocycles. The van der Waals surface area contributed by atoms with Crippen LogP contribution in [-0.2, 0) is 17.2 Å². The normalized spacial score (nSPS) is 12.4. The molecule has 3 heteroatoms. The topological polar surface area (TPSA) is 34.1 Å². The van der Waals surface area contributed by atoms with Crippen LogP contribution < -0.4 is 0 Å². The number of Topliss-reactive ketones (excluding diaryl/α,β-unsaturated/α-hetero) is 1. The molecule has 0 fully saturated rings. The summed E-state index contributed by atoms with van der Waals surface area (Å²) in [4.78, 5) is 11.6. The number of hydrogen-bond acceptors (Lipinski definition) is 2. The van der Waals surface area contributed by atoms with Crippen molar-refractivity contribution < 1.29 is 9.00 Å². The lowest BCUT2D eigenvalue weighted by Crippen LogP contribution is -2.12. The molecule has 0 N–H and O–H groups in total.